The lowest BCUT2D eigenvalue weighted by Gasteiger charge is -2.12. The number of H-pyrrole nitrogens is 1. The largest absolute Gasteiger partial charge is 0.392 e. The Balaban J connectivity index is 2.67. The number of hydrogen-bond acceptors (Lipinski definition) is 4. The van der Waals surface area contributed by atoms with Gasteiger partial charge in [0, 0.05) is 12.0 Å². The average molecular weight is 226 g/mol. The van der Waals surface area contributed by atoms with Crippen LogP contribution < -0.4 is 5.32 Å². The Hall–Kier alpha value is -1.43. The standard InChI is InChI=1S/C10H18N4O2/c1-6(15)5-11-8(16)7-12-9(14-13-7)10(2,3)4/h6,15H,5H2,1-4H3,(H,11,16)(H,12,13,14). The van der Waals surface area contributed by atoms with Crippen molar-refractivity contribution in [2.24, 2.45) is 0 Å². The molecule has 16 heavy (non-hydrogen) atoms. The number of aromatic nitrogens is 3. The topological polar surface area (TPSA) is 90.9 Å². The van der Waals surface area contributed by atoms with E-state index in [4.69, 9.17) is 5.11 Å². The summed E-state index contributed by atoms with van der Waals surface area (Å²) in [5, 5.41) is 18.1. The fourth-order valence-corrected chi connectivity index (χ4v) is 1.02. The molecule has 0 spiro atoms. The van der Waals surface area contributed by atoms with Gasteiger partial charge < -0.3 is 10.4 Å². The van der Waals surface area contributed by atoms with Crippen molar-refractivity contribution in [1.29, 1.82) is 0 Å². The minimum atomic E-state index is -0.579. The first-order chi connectivity index (χ1) is 7.30. The van der Waals surface area contributed by atoms with Gasteiger partial charge in [-0.25, -0.2) is 4.98 Å². The first-order valence-corrected chi connectivity index (χ1v) is 5.20. The van der Waals surface area contributed by atoms with Crippen molar-refractivity contribution in [3.05, 3.63) is 11.6 Å². The van der Waals surface area contributed by atoms with Crippen LogP contribution in [0.15, 0.2) is 0 Å². The van der Waals surface area contributed by atoms with E-state index >= 15 is 0 Å². The van der Waals surface area contributed by atoms with E-state index in [2.05, 4.69) is 20.5 Å². The first-order valence-electron chi connectivity index (χ1n) is 5.20. The molecule has 1 heterocycles. The lowest BCUT2D eigenvalue weighted by atomic mass is 9.96. The Bertz CT molecular complexity index is 365. The van der Waals surface area contributed by atoms with Gasteiger partial charge in [-0.05, 0) is 6.92 Å². The van der Waals surface area contributed by atoms with Gasteiger partial charge in [0.1, 0.15) is 5.82 Å². The second-order valence-electron chi connectivity index (χ2n) is 4.82. The van der Waals surface area contributed by atoms with Crippen LogP contribution in [0.1, 0.15) is 44.1 Å². The van der Waals surface area contributed by atoms with Crippen LogP contribution in [0, 0.1) is 0 Å². The summed E-state index contributed by atoms with van der Waals surface area (Å²) in [6, 6.07) is 0. The first kappa shape index (κ1) is 12.6. The van der Waals surface area contributed by atoms with E-state index in [1.54, 1.807) is 6.92 Å². The molecule has 90 valence electrons. The summed E-state index contributed by atoms with van der Waals surface area (Å²) in [5.41, 5.74) is -0.171. The zero-order chi connectivity index (χ0) is 12.3. The molecule has 0 bridgehead atoms. The maximum absolute atomic E-state index is 11.5. The number of amides is 1. The monoisotopic (exact) mass is 226 g/mol. The van der Waals surface area contributed by atoms with Crippen LogP contribution in [0.3, 0.4) is 0 Å². The van der Waals surface area contributed by atoms with Crippen molar-refractivity contribution in [3.8, 4) is 0 Å². The molecule has 6 heteroatoms. The zero-order valence-electron chi connectivity index (χ0n) is 10.0. The van der Waals surface area contributed by atoms with Crippen LogP contribution in [0.5, 0.6) is 0 Å². The van der Waals surface area contributed by atoms with Gasteiger partial charge in [-0.2, -0.15) is 0 Å². The fraction of sp³-hybridized carbons (Fsp3) is 0.700. The van der Waals surface area contributed by atoms with E-state index in [0.29, 0.717) is 5.82 Å². The molecule has 0 saturated carbocycles. The van der Waals surface area contributed by atoms with Gasteiger partial charge in [-0.1, -0.05) is 20.8 Å². The Morgan fingerprint density at radius 1 is 1.56 bits per heavy atom. The fourth-order valence-electron chi connectivity index (χ4n) is 1.02. The van der Waals surface area contributed by atoms with E-state index in [9.17, 15) is 4.79 Å². The number of aliphatic hydroxyl groups is 1. The highest BCUT2D eigenvalue weighted by Gasteiger charge is 2.21. The van der Waals surface area contributed by atoms with E-state index in [1.807, 2.05) is 20.8 Å². The van der Waals surface area contributed by atoms with Crippen molar-refractivity contribution in [2.75, 3.05) is 6.54 Å². The van der Waals surface area contributed by atoms with Crippen molar-refractivity contribution >= 4 is 5.91 Å². The molecule has 0 aliphatic heterocycles. The molecule has 1 aromatic heterocycles. The summed E-state index contributed by atoms with van der Waals surface area (Å²) in [7, 11) is 0. The third kappa shape index (κ3) is 3.30. The molecule has 0 aliphatic carbocycles. The third-order valence-electron chi connectivity index (χ3n) is 1.96. The smallest absolute Gasteiger partial charge is 0.291 e. The average Bonchev–Trinajstić information content (AvgIpc) is 2.61. The number of carbonyl (C=O) groups excluding carboxylic acids is 1. The molecule has 0 radical (unpaired) electrons. The highest BCUT2D eigenvalue weighted by atomic mass is 16.3. The van der Waals surface area contributed by atoms with Gasteiger partial charge >= 0.3 is 0 Å². The quantitative estimate of drug-likeness (QED) is 0.687. The molecule has 0 aromatic carbocycles. The van der Waals surface area contributed by atoms with Gasteiger partial charge in [0.2, 0.25) is 5.82 Å². The number of nitrogens with zero attached hydrogens (tertiary/aromatic N) is 2. The van der Waals surface area contributed by atoms with E-state index < -0.39 is 6.10 Å². The molecule has 1 unspecified atom stereocenters. The number of carbonyl (C=O) groups is 1. The van der Waals surface area contributed by atoms with Crippen molar-refractivity contribution in [2.45, 2.75) is 39.2 Å². The van der Waals surface area contributed by atoms with Crippen LogP contribution in [-0.2, 0) is 5.41 Å². The predicted molar refractivity (Wildman–Crippen MR) is 59.1 cm³/mol. The van der Waals surface area contributed by atoms with Crippen molar-refractivity contribution in [1.82, 2.24) is 20.5 Å². The van der Waals surface area contributed by atoms with Gasteiger partial charge in [0.25, 0.3) is 5.91 Å². The molecular formula is C10H18N4O2. The highest BCUT2D eigenvalue weighted by molar-refractivity contribution is 5.90. The normalized spacial score (nSPS) is 13.6. The molecule has 0 fully saturated rings. The maximum Gasteiger partial charge on any atom is 0.291 e. The number of aromatic amines is 1. The SMILES string of the molecule is CC(O)CNC(=O)c1n[nH]c(C(C)(C)C)n1. The highest BCUT2D eigenvalue weighted by Crippen LogP contribution is 2.17. The summed E-state index contributed by atoms with van der Waals surface area (Å²) in [6.45, 7) is 7.72. The molecule has 6 nitrogen and oxygen atoms in total. The van der Waals surface area contributed by atoms with Gasteiger partial charge in [-0.15, -0.1) is 5.10 Å². The maximum atomic E-state index is 11.5. The number of aliphatic hydroxyl groups excluding tert-OH is 1. The molecule has 0 saturated heterocycles. The van der Waals surface area contributed by atoms with Crippen LogP contribution in [0.4, 0.5) is 0 Å². The second kappa shape index (κ2) is 4.61. The summed E-state index contributed by atoms with van der Waals surface area (Å²) < 4.78 is 0. The molecule has 3 N–H and O–H groups in total. The summed E-state index contributed by atoms with van der Waals surface area (Å²) >= 11 is 0. The minimum absolute atomic E-state index is 0.102. The van der Waals surface area contributed by atoms with Gasteiger partial charge in [0.15, 0.2) is 0 Å². The van der Waals surface area contributed by atoms with E-state index in [1.165, 1.54) is 0 Å². The van der Waals surface area contributed by atoms with Crippen LogP contribution >= 0.6 is 0 Å². The summed E-state index contributed by atoms with van der Waals surface area (Å²) in [4.78, 5) is 15.6. The second-order valence-corrected chi connectivity index (χ2v) is 4.82. The Morgan fingerprint density at radius 3 is 2.62 bits per heavy atom. The molecule has 1 aromatic rings. The molecular weight excluding hydrogens is 208 g/mol. The van der Waals surface area contributed by atoms with E-state index in [0.717, 1.165) is 0 Å². The summed E-state index contributed by atoms with van der Waals surface area (Å²) in [6.07, 6.45) is -0.579. The number of nitrogens with one attached hydrogen (secondary N) is 2. The zero-order valence-corrected chi connectivity index (χ0v) is 10.0. The Morgan fingerprint density at radius 2 is 2.19 bits per heavy atom. The lowest BCUT2D eigenvalue weighted by Crippen LogP contribution is -2.31. The molecule has 1 amide bonds. The van der Waals surface area contributed by atoms with Crippen LogP contribution in [-0.4, -0.2) is 38.8 Å². The van der Waals surface area contributed by atoms with Crippen molar-refractivity contribution < 1.29 is 9.90 Å². The van der Waals surface area contributed by atoms with E-state index in [-0.39, 0.29) is 23.7 Å². The number of rotatable bonds is 3. The summed E-state index contributed by atoms with van der Waals surface area (Å²) in [5.74, 6) is 0.382. The Kier molecular flexibility index (Phi) is 3.64. The molecule has 0 aliphatic rings. The predicted octanol–water partition coefficient (Wildman–Crippen LogP) is 0.213. The van der Waals surface area contributed by atoms with Gasteiger partial charge in [-0.3, -0.25) is 9.89 Å². The lowest BCUT2D eigenvalue weighted by molar-refractivity contribution is 0.0914. The van der Waals surface area contributed by atoms with Crippen molar-refractivity contribution in [3.63, 3.8) is 0 Å². The Labute approximate surface area is 94.5 Å². The van der Waals surface area contributed by atoms with Crippen LogP contribution in [0.2, 0.25) is 0 Å². The molecule has 1 rings (SSSR count). The third-order valence-corrected chi connectivity index (χ3v) is 1.96. The number of hydrogen-bond donors (Lipinski definition) is 3. The minimum Gasteiger partial charge on any atom is -0.392 e. The van der Waals surface area contributed by atoms with Gasteiger partial charge in [0.05, 0.1) is 6.10 Å². The van der Waals surface area contributed by atoms with Crippen LogP contribution in [0.25, 0.3) is 0 Å². The molecule has 1 atom stereocenters.